The third-order valence-electron chi connectivity index (χ3n) is 4.73. The van der Waals surface area contributed by atoms with Crippen molar-refractivity contribution in [3.8, 4) is 11.8 Å². The number of nitriles is 1. The molecule has 1 amide bonds. The van der Waals surface area contributed by atoms with Gasteiger partial charge in [-0.15, -0.1) is 11.3 Å². The first-order valence-corrected chi connectivity index (χ1v) is 10.1. The smallest absolute Gasteiger partial charge is 0.256 e. The molecule has 6 nitrogen and oxygen atoms in total. The lowest BCUT2D eigenvalue weighted by Gasteiger charge is -2.22. The highest BCUT2D eigenvalue weighted by molar-refractivity contribution is 7.14. The number of nitrogens with zero attached hydrogens (tertiary/aromatic N) is 3. The van der Waals surface area contributed by atoms with Gasteiger partial charge in [-0.05, 0) is 47.8 Å². The summed E-state index contributed by atoms with van der Waals surface area (Å²) in [6, 6.07) is 20.5. The van der Waals surface area contributed by atoms with Gasteiger partial charge in [-0.2, -0.15) is 5.26 Å². The van der Waals surface area contributed by atoms with E-state index in [1.165, 1.54) is 0 Å². The van der Waals surface area contributed by atoms with Crippen molar-refractivity contribution in [3.63, 3.8) is 0 Å². The van der Waals surface area contributed by atoms with Gasteiger partial charge in [0.05, 0.1) is 23.3 Å². The van der Waals surface area contributed by atoms with Crippen LogP contribution in [0, 0.1) is 11.3 Å². The Labute approximate surface area is 178 Å². The number of methoxy groups -OCH3 is 1. The quantitative estimate of drug-likeness (QED) is 0.486. The van der Waals surface area contributed by atoms with Crippen LogP contribution in [0.4, 0.5) is 16.5 Å². The van der Waals surface area contributed by atoms with E-state index in [1.807, 2.05) is 53.7 Å². The van der Waals surface area contributed by atoms with E-state index in [4.69, 9.17) is 4.74 Å². The molecule has 0 unspecified atom stereocenters. The van der Waals surface area contributed by atoms with Gasteiger partial charge in [0, 0.05) is 18.0 Å². The molecule has 0 aliphatic heterocycles. The zero-order valence-corrected chi connectivity index (χ0v) is 17.2. The molecule has 7 heteroatoms. The van der Waals surface area contributed by atoms with Crippen LogP contribution in [0.15, 0.2) is 66.0 Å². The number of hydrogen-bond acceptors (Lipinski definition) is 6. The van der Waals surface area contributed by atoms with Crippen LogP contribution in [0.25, 0.3) is 10.9 Å². The van der Waals surface area contributed by atoms with Crippen LogP contribution in [-0.2, 0) is 0 Å². The summed E-state index contributed by atoms with van der Waals surface area (Å²) in [5, 5.41) is 16.6. The summed E-state index contributed by atoms with van der Waals surface area (Å²) in [4.78, 5) is 19.3. The highest BCUT2D eigenvalue weighted by Crippen LogP contribution is 2.38. The molecule has 148 valence electrons. The molecule has 0 aliphatic rings. The number of anilines is 3. The molecule has 2 aromatic carbocycles. The van der Waals surface area contributed by atoms with E-state index in [0.717, 1.165) is 10.4 Å². The second-order valence-corrected chi connectivity index (χ2v) is 7.43. The zero-order chi connectivity index (χ0) is 21.1. The van der Waals surface area contributed by atoms with Gasteiger partial charge in [-0.1, -0.05) is 18.2 Å². The SMILES string of the molecule is COc1ccc(C(=O)Nc2nc3ccccc3c(N(C)c3cccs3)c2C#N)cc1. The van der Waals surface area contributed by atoms with Crippen molar-refractivity contribution in [1.82, 2.24) is 4.98 Å². The molecular formula is C23H18N4O2S. The lowest BCUT2D eigenvalue weighted by atomic mass is 10.1. The second kappa shape index (κ2) is 8.23. The summed E-state index contributed by atoms with van der Waals surface area (Å²) < 4.78 is 5.14. The molecule has 4 rings (SSSR count). The van der Waals surface area contributed by atoms with Crippen molar-refractivity contribution in [2.24, 2.45) is 0 Å². The maximum Gasteiger partial charge on any atom is 0.256 e. The number of pyridine rings is 1. The van der Waals surface area contributed by atoms with Crippen molar-refractivity contribution >= 4 is 44.7 Å². The Morgan fingerprint density at radius 1 is 1.13 bits per heavy atom. The molecule has 0 radical (unpaired) electrons. The number of benzene rings is 2. The fraction of sp³-hybridized carbons (Fsp3) is 0.0870. The molecule has 0 saturated heterocycles. The number of ether oxygens (including phenoxy) is 1. The van der Waals surface area contributed by atoms with E-state index in [0.29, 0.717) is 28.1 Å². The van der Waals surface area contributed by atoms with Crippen molar-refractivity contribution < 1.29 is 9.53 Å². The van der Waals surface area contributed by atoms with Gasteiger partial charge in [0.1, 0.15) is 17.4 Å². The van der Waals surface area contributed by atoms with E-state index in [-0.39, 0.29) is 11.7 Å². The van der Waals surface area contributed by atoms with Crippen LogP contribution < -0.4 is 15.0 Å². The molecule has 4 aromatic rings. The molecule has 0 fully saturated rings. The van der Waals surface area contributed by atoms with Crippen molar-refractivity contribution in [2.45, 2.75) is 0 Å². The number of para-hydroxylation sites is 1. The van der Waals surface area contributed by atoms with Crippen LogP contribution in [0.3, 0.4) is 0 Å². The Morgan fingerprint density at radius 3 is 2.57 bits per heavy atom. The first-order valence-electron chi connectivity index (χ1n) is 9.18. The Kier molecular flexibility index (Phi) is 5.33. The third-order valence-corrected chi connectivity index (χ3v) is 5.68. The van der Waals surface area contributed by atoms with Gasteiger partial charge < -0.3 is 15.0 Å². The summed E-state index contributed by atoms with van der Waals surface area (Å²) >= 11 is 1.57. The lowest BCUT2D eigenvalue weighted by Crippen LogP contribution is -2.17. The van der Waals surface area contributed by atoms with Crippen LogP contribution in [0.1, 0.15) is 15.9 Å². The first-order chi connectivity index (χ1) is 14.6. The van der Waals surface area contributed by atoms with E-state index in [1.54, 1.807) is 42.7 Å². The maximum absolute atomic E-state index is 12.8. The molecular weight excluding hydrogens is 396 g/mol. The molecule has 30 heavy (non-hydrogen) atoms. The molecule has 0 spiro atoms. The summed E-state index contributed by atoms with van der Waals surface area (Å²) in [6.07, 6.45) is 0. The number of rotatable bonds is 5. The molecule has 0 atom stereocenters. The Bertz CT molecular complexity index is 1240. The average Bonchev–Trinajstić information content (AvgIpc) is 3.32. The standard InChI is InChI=1S/C23H18N4O2S/c1-27(20-8-5-13-30-20)21-17-6-3-4-7-19(17)25-22(18(21)14-24)26-23(28)15-9-11-16(29-2)12-10-15/h3-13H,1-2H3,(H,25,26,28). The normalized spacial score (nSPS) is 10.4. The Balaban J connectivity index is 1.81. The number of carbonyl (C=O) groups is 1. The van der Waals surface area contributed by atoms with Crippen molar-refractivity contribution in [2.75, 3.05) is 24.4 Å². The number of aromatic nitrogens is 1. The number of amides is 1. The minimum absolute atomic E-state index is 0.232. The van der Waals surface area contributed by atoms with Crippen LogP contribution >= 0.6 is 11.3 Å². The monoisotopic (exact) mass is 414 g/mol. The number of carbonyl (C=O) groups excluding carboxylic acids is 1. The molecule has 2 aromatic heterocycles. The lowest BCUT2D eigenvalue weighted by molar-refractivity contribution is 0.102. The van der Waals surface area contributed by atoms with E-state index in [2.05, 4.69) is 16.4 Å². The number of fused-ring (bicyclic) bond motifs is 1. The van der Waals surface area contributed by atoms with Gasteiger partial charge >= 0.3 is 0 Å². The Hall–Kier alpha value is -3.89. The molecule has 0 aliphatic carbocycles. The maximum atomic E-state index is 12.8. The number of hydrogen-bond donors (Lipinski definition) is 1. The zero-order valence-electron chi connectivity index (χ0n) is 16.4. The number of nitrogens with one attached hydrogen (secondary N) is 1. The predicted octanol–water partition coefficient (Wildman–Crippen LogP) is 5.20. The van der Waals surface area contributed by atoms with Crippen LogP contribution in [0.5, 0.6) is 5.75 Å². The largest absolute Gasteiger partial charge is 0.497 e. The fourth-order valence-electron chi connectivity index (χ4n) is 3.23. The summed E-state index contributed by atoms with van der Waals surface area (Å²) in [5.74, 6) is 0.546. The molecule has 0 bridgehead atoms. The van der Waals surface area contributed by atoms with Gasteiger partial charge in [-0.3, -0.25) is 4.79 Å². The first kappa shape index (κ1) is 19.4. The summed E-state index contributed by atoms with van der Waals surface area (Å²) in [7, 11) is 3.47. The fourth-order valence-corrected chi connectivity index (χ4v) is 3.94. The number of thiophene rings is 1. The molecule has 2 heterocycles. The average molecular weight is 414 g/mol. The van der Waals surface area contributed by atoms with Gasteiger partial charge in [-0.25, -0.2) is 4.98 Å². The van der Waals surface area contributed by atoms with E-state index in [9.17, 15) is 10.1 Å². The van der Waals surface area contributed by atoms with E-state index >= 15 is 0 Å². The van der Waals surface area contributed by atoms with Crippen molar-refractivity contribution in [1.29, 1.82) is 5.26 Å². The second-order valence-electron chi connectivity index (χ2n) is 6.51. The minimum Gasteiger partial charge on any atom is -0.497 e. The minimum atomic E-state index is -0.346. The van der Waals surface area contributed by atoms with Crippen LogP contribution in [-0.4, -0.2) is 25.0 Å². The highest BCUT2D eigenvalue weighted by atomic mass is 32.1. The topological polar surface area (TPSA) is 78.2 Å². The molecule has 0 saturated carbocycles. The Morgan fingerprint density at radius 2 is 1.90 bits per heavy atom. The summed E-state index contributed by atoms with van der Waals surface area (Å²) in [6.45, 7) is 0. The van der Waals surface area contributed by atoms with E-state index < -0.39 is 0 Å². The summed E-state index contributed by atoms with van der Waals surface area (Å²) in [5.41, 5.74) is 2.16. The van der Waals surface area contributed by atoms with Gasteiger partial charge in [0.25, 0.3) is 5.91 Å². The third kappa shape index (κ3) is 3.56. The molecule has 1 N–H and O–H groups in total. The van der Waals surface area contributed by atoms with Crippen molar-refractivity contribution in [3.05, 3.63) is 77.2 Å². The highest BCUT2D eigenvalue weighted by Gasteiger charge is 2.21. The van der Waals surface area contributed by atoms with Gasteiger partial charge in [0.2, 0.25) is 0 Å². The predicted molar refractivity (Wildman–Crippen MR) is 120 cm³/mol. The van der Waals surface area contributed by atoms with Crippen LogP contribution in [0.2, 0.25) is 0 Å². The van der Waals surface area contributed by atoms with Gasteiger partial charge in [0.15, 0.2) is 5.82 Å².